The van der Waals surface area contributed by atoms with Gasteiger partial charge in [0.15, 0.2) is 0 Å². The van der Waals surface area contributed by atoms with Gasteiger partial charge in [0, 0.05) is 23.9 Å². The zero-order valence-corrected chi connectivity index (χ0v) is 19.2. The summed E-state index contributed by atoms with van der Waals surface area (Å²) in [7, 11) is -2.70. The number of rotatable bonds is 6. The van der Waals surface area contributed by atoms with Crippen molar-refractivity contribution in [3.8, 4) is 0 Å². The quantitative estimate of drug-likeness (QED) is 0.683. The number of amides is 1. The van der Waals surface area contributed by atoms with Crippen LogP contribution in [0.1, 0.15) is 45.8 Å². The van der Waals surface area contributed by atoms with Crippen LogP contribution in [-0.2, 0) is 39.1 Å². The maximum atomic E-state index is 13.1. The van der Waals surface area contributed by atoms with Crippen LogP contribution in [0.25, 0.3) is 0 Å². The minimum atomic E-state index is -3.94. The van der Waals surface area contributed by atoms with Gasteiger partial charge in [-0.1, -0.05) is 43.7 Å². The largest absolute Gasteiger partial charge is 0.465 e. The van der Waals surface area contributed by atoms with Crippen LogP contribution in [0.15, 0.2) is 28.5 Å². The molecule has 0 fully saturated rings. The van der Waals surface area contributed by atoms with Gasteiger partial charge < -0.3 is 9.64 Å². The molecule has 0 bridgehead atoms. The molecule has 3 rings (SSSR count). The number of hydrogen-bond donors (Lipinski definition) is 1. The Morgan fingerprint density at radius 3 is 2.50 bits per heavy atom. The molecule has 0 unspecified atom stereocenters. The van der Waals surface area contributed by atoms with Crippen LogP contribution in [-0.4, -0.2) is 38.8 Å². The lowest BCUT2D eigenvalue weighted by atomic mass is 10.0. The average Bonchev–Trinajstić information content (AvgIpc) is 3.12. The highest BCUT2D eigenvalue weighted by Crippen LogP contribution is 2.37. The van der Waals surface area contributed by atoms with Crippen molar-refractivity contribution < 1.29 is 22.7 Å². The monoisotopic (exact) mass is 450 g/mol. The summed E-state index contributed by atoms with van der Waals surface area (Å²) in [5.74, 6) is -0.812. The molecule has 0 saturated heterocycles. The second-order valence-corrected chi connectivity index (χ2v) is 10.7. The van der Waals surface area contributed by atoms with E-state index in [2.05, 4.69) is 4.72 Å². The van der Waals surface area contributed by atoms with E-state index in [1.165, 1.54) is 7.11 Å². The third-order valence-electron chi connectivity index (χ3n) is 5.05. The van der Waals surface area contributed by atoms with Crippen LogP contribution in [0.4, 0.5) is 0 Å². The number of nitrogens with one attached hydrogen (secondary N) is 1. The van der Waals surface area contributed by atoms with E-state index in [9.17, 15) is 18.0 Å². The van der Waals surface area contributed by atoms with E-state index < -0.39 is 16.0 Å². The number of fused-ring (bicyclic) bond motifs is 1. The summed E-state index contributed by atoms with van der Waals surface area (Å²) in [5.41, 5.74) is 2.65. The van der Waals surface area contributed by atoms with Crippen molar-refractivity contribution in [1.29, 1.82) is 0 Å². The number of aryl methyl sites for hydroxylation is 1. The van der Waals surface area contributed by atoms with E-state index in [4.69, 9.17) is 4.74 Å². The third-order valence-corrected chi connectivity index (χ3v) is 8.19. The number of carbonyl (C=O) groups excluding carboxylic acids is 2. The molecule has 1 aliphatic heterocycles. The first kappa shape index (κ1) is 22.5. The van der Waals surface area contributed by atoms with Crippen LogP contribution < -0.4 is 4.72 Å². The van der Waals surface area contributed by atoms with Crippen LogP contribution >= 0.6 is 11.3 Å². The lowest BCUT2D eigenvalue weighted by molar-refractivity contribution is -0.135. The van der Waals surface area contributed by atoms with Gasteiger partial charge in [0.25, 0.3) is 10.0 Å². The standard InChI is InChI=1S/C21H26N2O5S2/c1-13(2)19(24)23-10-9-16-17(12-23)29-21(18(16)20(25)28-4)30(26,27)22-11-15-7-5-14(3)6-8-15/h5-8,13,22H,9-12H2,1-4H3. The summed E-state index contributed by atoms with van der Waals surface area (Å²) in [6.07, 6.45) is 0.419. The SMILES string of the molecule is COC(=O)c1c(S(=O)(=O)NCc2ccc(C)cc2)sc2c1CCN(C(=O)C(C)C)C2. The molecule has 2 heterocycles. The summed E-state index contributed by atoms with van der Waals surface area (Å²) in [4.78, 5) is 27.3. The Morgan fingerprint density at radius 1 is 1.23 bits per heavy atom. The van der Waals surface area contributed by atoms with Crippen molar-refractivity contribution in [1.82, 2.24) is 9.62 Å². The van der Waals surface area contributed by atoms with Crippen LogP contribution in [0.5, 0.6) is 0 Å². The van der Waals surface area contributed by atoms with Crippen molar-refractivity contribution in [2.45, 2.75) is 44.5 Å². The van der Waals surface area contributed by atoms with E-state index in [1.54, 1.807) is 4.90 Å². The molecule has 1 amide bonds. The smallest absolute Gasteiger partial charge is 0.340 e. The summed E-state index contributed by atoms with van der Waals surface area (Å²) in [6, 6.07) is 7.53. The molecule has 0 radical (unpaired) electrons. The molecule has 1 aromatic carbocycles. The minimum Gasteiger partial charge on any atom is -0.465 e. The van der Waals surface area contributed by atoms with E-state index >= 15 is 0 Å². The molecule has 1 aromatic heterocycles. The Kier molecular flexibility index (Phi) is 6.64. The van der Waals surface area contributed by atoms with E-state index in [0.29, 0.717) is 30.0 Å². The third kappa shape index (κ3) is 4.58. The highest BCUT2D eigenvalue weighted by Gasteiger charge is 2.35. The summed E-state index contributed by atoms with van der Waals surface area (Å²) in [6.45, 7) is 6.48. The van der Waals surface area contributed by atoms with Gasteiger partial charge in [-0.3, -0.25) is 4.79 Å². The minimum absolute atomic E-state index is 0.00979. The van der Waals surface area contributed by atoms with E-state index in [0.717, 1.165) is 22.5 Å². The van der Waals surface area contributed by atoms with Crippen molar-refractivity contribution in [3.63, 3.8) is 0 Å². The molecular weight excluding hydrogens is 424 g/mol. The number of esters is 1. The Bertz CT molecular complexity index is 1060. The molecule has 162 valence electrons. The maximum absolute atomic E-state index is 13.1. The number of thiophene rings is 1. The van der Waals surface area contributed by atoms with Gasteiger partial charge in [0.05, 0.1) is 19.2 Å². The molecular formula is C21H26N2O5S2. The molecule has 0 aliphatic carbocycles. The number of carbonyl (C=O) groups is 2. The lowest BCUT2D eigenvalue weighted by Crippen LogP contribution is -2.38. The fourth-order valence-corrected chi connectivity index (χ4v) is 6.34. The predicted octanol–water partition coefficient (Wildman–Crippen LogP) is 2.86. The molecule has 7 nitrogen and oxygen atoms in total. The van der Waals surface area contributed by atoms with Crippen molar-refractivity contribution >= 4 is 33.2 Å². The van der Waals surface area contributed by atoms with Gasteiger partial charge in [-0.15, -0.1) is 11.3 Å². The fourth-order valence-electron chi connectivity index (χ4n) is 3.38. The first-order valence-corrected chi connectivity index (χ1v) is 12.0. The van der Waals surface area contributed by atoms with Crippen LogP contribution in [0.3, 0.4) is 0 Å². The average molecular weight is 451 g/mol. The van der Waals surface area contributed by atoms with Gasteiger partial charge >= 0.3 is 5.97 Å². The zero-order chi connectivity index (χ0) is 22.1. The molecule has 30 heavy (non-hydrogen) atoms. The maximum Gasteiger partial charge on any atom is 0.340 e. The van der Waals surface area contributed by atoms with Gasteiger partial charge in [0.2, 0.25) is 5.91 Å². The zero-order valence-electron chi connectivity index (χ0n) is 17.5. The van der Waals surface area contributed by atoms with Gasteiger partial charge in [-0.25, -0.2) is 17.9 Å². The highest BCUT2D eigenvalue weighted by atomic mass is 32.2. The summed E-state index contributed by atoms with van der Waals surface area (Å²) >= 11 is 1.04. The van der Waals surface area contributed by atoms with E-state index in [-0.39, 0.29) is 28.1 Å². The molecule has 1 N–H and O–H groups in total. The second-order valence-electron chi connectivity index (χ2n) is 7.63. The normalized spacial score (nSPS) is 14.0. The number of methoxy groups -OCH3 is 1. The number of nitrogens with zero attached hydrogens (tertiary/aromatic N) is 1. The Balaban J connectivity index is 1.92. The van der Waals surface area contributed by atoms with Gasteiger partial charge in [-0.2, -0.15) is 0 Å². The summed E-state index contributed by atoms with van der Waals surface area (Å²) < 4.78 is 33.5. The van der Waals surface area contributed by atoms with E-state index in [1.807, 2.05) is 45.0 Å². The Labute approximate surface area is 181 Å². The van der Waals surface area contributed by atoms with Gasteiger partial charge in [-0.05, 0) is 24.5 Å². The second kappa shape index (κ2) is 8.87. The van der Waals surface area contributed by atoms with Gasteiger partial charge in [0.1, 0.15) is 4.21 Å². The topological polar surface area (TPSA) is 92.8 Å². The lowest BCUT2D eigenvalue weighted by Gasteiger charge is -2.28. The summed E-state index contributed by atoms with van der Waals surface area (Å²) in [5, 5.41) is 0. The van der Waals surface area contributed by atoms with Crippen molar-refractivity contribution in [2.75, 3.05) is 13.7 Å². The first-order valence-electron chi connectivity index (χ1n) is 9.71. The molecule has 9 heteroatoms. The van der Waals surface area contributed by atoms with Crippen LogP contribution in [0.2, 0.25) is 0 Å². The fraction of sp³-hybridized carbons (Fsp3) is 0.429. The predicted molar refractivity (Wildman–Crippen MR) is 115 cm³/mol. The molecule has 0 saturated carbocycles. The Morgan fingerprint density at radius 2 is 1.90 bits per heavy atom. The van der Waals surface area contributed by atoms with Crippen molar-refractivity contribution in [2.24, 2.45) is 5.92 Å². The molecule has 0 spiro atoms. The molecule has 1 aliphatic rings. The molecule has 0 atom stereocenters. The Hall–Kier alpha value is -2.23. The first-order chi connectivity index (χ1) is 14.1. The van der Waals surface area contributed by atoms with Crippen molar-refractivity contribution in [3.05, 3.63) is 51.4 Å². The number of hydrogen-bond acceptors (Lipinski definition) is 6. The number of sulfonamides is 1. The highest BCUT2D eigenvalue weighted by molar-refractivity contribution is 7.91. The number of benzene rings is 1. The number of ether oxygens (including phenoxy) is 1. The van der Waals surface area contributed by atoms with Crippen LogP contribution in [0, 0.1) is 12.8 Å². The molecule has 2 aromatic rings.